The van der Waals surface area contributed by atoms with E-state index in [1.165, 1.54) is 19.1 Å². The summed E-state index contributed by atoms with van der Waals surface area (Å²) < 4.78 is 26.4. The fourth-order valence-electron chi connectivity index (χ4n) is 1.37. The van der Waals surface area contributed by atoms with Crippen molar-refractivity contribution >= 4 is 17.1 Å². The van der Waals surface area contributed by atoms with Gasteiger partial charge < -0.3 is 0 Å². The normalized spacial score (nSPS) is 10.4. The van der Waals surface area contributed by atoms with Crippen molar-refractivity contribution in [2.75, 3.05) is 0 Å². The lowest BCUT2D eigenvalue weighted by atomic mass is 10.1. The van der Waals surface area contributed by atoms with Gasteiger partial charge in [-0.25, -0.2) is 8.78 Å². The van der Waals surface area contributed by atoms with Gasteiger partial charge in [0, 0.05) is 10.4 Å². The van der Waals surface area contributed by atoms with Gasteiger partial charge in [-0.2, -0.15) is 0 Å². The van der Waals surface area contributed by atoms with E-state index < -0.39 is 11.6 Å². The second-order valence-corrected chi connectivity index (χ2v) is 4.41. The molecule has 0 spiro atoms. The Hall–Kier alpha value is -1.55. The highest BCUT2D eigenvalue weighted by Crippen LogP contribution is 2.31. The summed E-state index contributed by atoms with van der Waals surface area (Å²) in [6.07, 6.45) is 0. The molecule has 0 atom stereocenters. The van der Waals surface area contributed by atoms with Crippen molar-refractivity contribution < 1.29 is 13.6 Å². The Morgan fingerprint density at radius 1 is 1.19 bits per heavy atom. The van der Waals surface area contributed by atoms with Crippen LogP contribution in [0, 0.1) is 11.6 Å². The number of rotatable bonds is 2. The summed E-state index contributed by atoms with van der Waals surface area (Å²) in [5.41, 5.74) is 0.192. The van der Waals surface area contributed by atoms with Gasteiger partial charge in [0.15, 0.2) is 17.4 Å². The largest absolute Gasteiger partial charge is 0.294 e. The van der Waals surface area contributed by atoms with E-state index in [0.29, 0.717) is 9.75 Å². The van der Waals surface area contributed by atoms with Crippen molar-refractivity contribution in [3.8, 4) is 10.4 Å². The monoisotopic (exact) mass is 238 g/mol. The van der Waals surface area contributed by atoms with E-state index in [9.17, 15) is 13.6 Å². The van der Waals surface area contributed by atoms with Gasteiger partial charge in [-0.1, -0.05) is 12.1 Å². The van der Waals surface area contributed by atoms with Gasteiger partial charge in [0.2, 0.25) is 0 Å². The maximum absolute atomic E-state index is 13.4. The molecule has 0 bridgehead atoms. The minimum atomic E-state index is -0.879. The Balaban J connectivity index is 2.50. The molecule has 0 amide bonds. The second-order valence-electron chi connectivity index (χ2n) is 3.32. The fraction of sp³-hybridized carbons (Fsp3) is 0.0833. The summed E-state index contributed by atoms with van der Waals surface area (Å²) in [5.74, 6) is -1.83. The number of Topliss-reactive ketones (excluding diaryl/α,β-unsaturated/α-hetero) is 1. The predicted octanol–water partition coefficient (Wildman–Crippen LogP) is 3.90. The SMILES string of the molecule is CC(=O)c1ccc(-c2cccc(F)c2F)s1. The predicted molar refractivity (Wildman–Crippen MR) is 59.7 cm³/mol. The standard InChI is InChI=1S/C12H8F2OS/c1-7(15)10-5-6-11(16-10)8-3-2-4-9(13)12(8)14/h2-6H,1H3. The molecule has 1 aromatic heterocycles. The molecule has 1 nitrogen and oxygen atoms in total. The van der Waals surface area contributed by atoms with Crippen LogP contribution in [-0.4, -0.2) is 5.78 Å². The van der Waals surface area contributed by atoms with E-state index in [-0.39, 0.29) is 11.3 Å². The van der Waals surface area contributed by atoms with Gasteiger partial charge >= 0.3 is 0 Å². The average molecular weight is 238 g/mol. The topological polar surface area (TPSA) is 17.1 Å². The molecule has 0 N–H and O–H groups in total. The molecule has 2 aromatic rings. The molecular formula is C12H8F2OS. The third-order valence-electron chi connectivity index (χ3n) is 2.17. The van der Waals surface area contributed by atoms with Crippen LogP contribution in [0.3, 0.4) is 0 Å². The van der Waals surface area contributed by atoms with Gasteiger partial charge in [-0.15, -0.1) is 11.3 Å². The molecule has 2 rings (SSSR count). The highest BCUT2D eigenvalue weighted by Gasteiger charge is 2.12. The summed E-state index contributed by atoms with van der Waals surface area (Å²) in [5, 5.41) is 0. The van der Waals surface area contributed by atoms with E-state index in [4.69, 9.17) is 0 Å². The highest BCUT2D eigenvalue weighted by atomic mass is 32.1. The third-order valence-corrected chi connectivity index (χ3v) is 3.39. The van der Waals surface area contributed by atoms with Crippen LogP contribution in [0.1, 0.15) is 16.6 Å². The third kappa shape index (κ3) is 1.88. The Morgan fingerprint density at radius 3 is 2.56 bits per heavy atom. The maximum atomic E-state index is 13.4. The lowest BCUT2D eigenvalue weighted by Crippen LogP contribution is -1.86. The van der Waals surface area contributed by atoms with Gasteiger partial charge in [-0.3, -0.25) is 4.79 Å². The molecular weight excluding hydrogens is 230 g/mol. The van der Waals surface area contributed by atoms with Gasteiger partial charge in [0.1, 0.15) is 0 Å². The van der Waals surface area contributed by atoms with E-state index in [1.807, 2.05) is 0 Å². The Kier molecular flexibility index (Phi) is 2.83. The van der Waals surface area contributed by atoms with Crippen LogP contribution in [0.4, 0.5) is 8.78 Å². The first-order chi connectivity index (χ1) is 7.59. The van der Waals surface area contributed by atoms with Crippen molar-refractivity contribution in [3.05, 3.63) is 46.8 Å². The minimum absolute atomic E-state index is 0.0759. The lowest BCUT2D eigenvalue weighted by Gasteiger charge is -1.99. The summed E-state index contributed by atoms with van der Waals surface area (Å²) in [6, 6.07) is 7.25. The molecule has 0 fully saturated rings. The fourth-order valence-corrected chi connectivity index (χ4v) is 2.29. The van der Waals surface area contributed by atoms with E-state index >= 15 is 0 Å². The van der Waals surface area contributed by atoms with Crippen molar-refractivity contribution in [1.29, 1.82) is 0 Å². The number of ketones is 1. The highest BCUT2D eigenvalue weighted by molar-refractivity contribution is 7.17. The van der Waals surface area contributed by atoms with Crippen molar-refractivity contribution in [3.63, 3.8) is 0 Å². The number of carbonyl (C=O) groups is 1. The van der Waals surface area contributed by atoms with E-state index in [1.54, 1.807) is 12.1 Å². The lowest BCUT2D eigenvalue weighted by molar-refractivity contribution is 0.102. The zero-order valence-corrected chi connectivity index (χ0v) is 9.28. The number of benzene rings is 1. The number of carbonyl (C=O) groups excluding carboxylic acids is 1. The van der Waals surface area contributed by atoms with Crippen molar-refractivity contribution in [2.24, 2.45) is 0 Å². The second kappa shape index (κ2) is 4.14. The Morgan fingerprint density at radius 2 is 1.94 bits per heavy atom. The first kappa shape index (κ1) is 11.0. The zero-order valence-electron chi connectivity index (χ0n) is 8.46. The van der Waals surface area contributed by atoms with Crippen LogP contribution < -0.4 is 0 Å². The maximum Gasteiger partial charge on any atom is 0.169 e. The van der Waals surface area contributed by atoms with Crippen LogP contribution in [0.25, 0.3) is 10.4 Å². The summed E-state index contributed by atoms with van der Waals surface area (Å²) in [7, 11) is 0. The number of hydrogen-bond donors (Lipinski definition) is 0. The van der Waals surface area contributed by atoms with Crippen LogP contribution in [0.2, 0.25) is 0 Å². The molecule has 1 aromatic carbocycles. The van der Waals surface area contributed by atoms with Crippen LogP contribution in [0.15, 0.2) is 30.3 Å². The number of halogens is 2. The number of hydrogen-bond acceptors (Lipinski definition) is 2. The molecule has 0 saturated carbocycles. The van der Waals surface area contributed by atoms with Crippen LogP contribution >= 0.6 is 11.3 Å². The zero-order chi connectivity index (χ0) is 11.7. The summed E-state index contributed by atoms with van der Waals surface area (Å²) in [4.78, 5) is 12.2. The smallest absolute Gasteiger partial charge is 0.169 e. The van der Waals surface area contributed by atoms with Gasteiger partial charge in [-0.05, 0) is 25.1 Å². The quantitative estimate of drug-likeness (QED) is 0.725. The molecule has 16 heavy (non-hydrogen) atoms. The molecule has 1 heterocycles. The Bertz CT molecular complexity index is 546. The van der Waals surface area contributed by atoms with E-state index in [2.05, 4.69) is 0 Å². The summed E-state index contributed by atoms with van der Waals surface area (Å²) in [6.45, 7) is 1.44. The molecule has 0 radical (unpaired) electrons. The molecule has 0 unspecified atom stereocenters. The van der Waals surface area contributed by atoms with Crippen molar-refractivity contribution in [2.45, 2.75) is 6.92 Å². The van der Waals surface area contributed by atoms with Gasteiger partial charge in [0.05, 0.1) is 4.88 Å². The van der Waals surface area contributed by atoms with Crippen LogP contribution in [-0.2, 0) is 0 Å². The van der Waals surface area contributed by atoms with Gasteiger partial charge in [0.25, 0.3) is 0 Å². The molecule has 4 heteroatoms. The molecule has 82 valence electrons. The Labute approximate surface area is 95.4 Å². The average Bonchev–Trinajstić information content (AvgIpc) is 2.71. The van der Waals surface area contributed by atoms with E-state index in [0.717, 1.165) is 17.4 Å². The first-order valence-electron chi connectivity index (χ1n) is 4.65. The molecule has 0 aliphatic rings. The van der Waals surface area contributed by atoms with Crippen molar-refractivity contribution in [1.82, 2.24) is 0 Å². The molecule has 0 aliphatic heterocycles. The number of thiophene rings is 1. The first-order valence-corrected chi connectivity index (χ1v) is 5.46. The minimum Gasteiger partial charge on any atom is -0.294 e. The molecule has 0 saturated heterocycles. The summed E-state index contributed by atoms with van der Waals surface area (Å²) >= 11 is 1.16. The molecule has 0 aliphatic carbocycles. The van der Waals surface area contributed by atoms with Crippen LogP contribution in [0.5, 0.6) is 0 Å².